The van der Waals surface area contributed by atoms with Crippen molar-refractivity contribution in [3.05, 3.63) is 90.0 Å². The van der Waals surface area contributed by atoms with Crippen molar-refractivity contribution in [2.75, 3.05) is 24.2 Å². The van der Waals surface area contributed by atoms with Crippen molar-refractivity contribution in [1.29, 1.82) is 0 Å². The summed E-state index contributed by atoms with van der Waals surface area (Å²) in [5.41, 5.74) is 3.20. The lowest BCUT2D eigenvalue weighted by atomic mass is 10.0. The fraction of sp³-hybridized carbons (Fsp3) is 0.154. The summed E-state index contributed by atoms with van der Waals surface area (Å²) in [6.45, 7) is -0.483. The van der Waals surface area contributed by atoms with Gasteiger partial charge in [-0.1, -0.05) is 60.7 Å². The Labute approximate surface area is 198 Å². The summed E-state index contributed by atoms with van der Waals surface area (Å²) in [6, 6.07) is 23.3. The third-order valence-corrected chi connectivity index (χ3v) is 6.92. The van der Waals surface area contributed by atoms with E-state index in [1.165, 1.54) is 19.2 Å². The Kier molecular flexibility index (Phi) is 6.26. The van der Waals surface area contributed by atoms with Crippen molar-refractivity contribution < 1.29 is 22.7 Å². The number of Topliss-reactive ketones (excluding diaryl/α,β-unsaturated/α-hetero) is 1. The molecule has 0 fully saturated rings. The van der Waals surface area contributed by atoms with E-state index in [-0.39, 0.29) is 17.0 Å². The normalized spacial score (nSPS) is 11.4. The van der Waals surface area contributed by atoms with E-state index >= 15 is 0 Å². The molecular weight excluding hydrogens is 452 g/mol. The van der Waals surface area contributed by atoms with E-state index in [0.29, 0.717) is 5.56 Å². The average molecular weight is 477 g/mol. The van der Waals surface area contributed by atoms with E-state index in [1.807, 2.05) is 66.2 Å². The van der Waals surface area contributed by atoms with Crippen molar-refractivity contribution >= 4 is 38.4 Å². The van der Waals surface area contributed by atoms with Crippen LogP contribution in [-0.2, 0) is 21.8 Å². The summed E-state index contributed by atoms with van der Waals surface area (Å²) in [5.74, 6) is -1.13. The lowest BCUT2D eigenvalue weighted by Crippen LogP contribution is -2.27. The number of hydrogen-bond acceptors (Lipinski definition) is 5. The number of para-hydroxylation sites is 2. The molecule has 0 amide bonds. The monoisotopic (exact) mass is 476 g/mol. The molecule has 7 nitrogen and oxygen atoms in total. The topological polar surface area (TPSA) is 85.7 Å². The van der Waals surface area contributed by atoms with Crippen LogP contribution in [0.3, 0.4) is 0 Å². The Morgan fingerprint density at radius 3 is 2.24 bits per heavy atom. The highest BCUT2D eigenvalue weighted by atomic mass is 32.2. The maximum absolute atomic E-state index is 13.4. The van der Waals surface area contributed by atoms with Crippen molar-refractivity contribution in [3.63, 3.8) is 0 Å². The highest BCUT2D eigenvalue weighted by Crippen LogP contribution is 2.33. The third kappa shape index (κ3) is 4.32. The second-order valence-corrected chi connectivity index (χ2v) is 9.93. The van der Waals surface area contributed by atoms with E-state index in [9.17, 15) is 18.0 Å². The van der Waals surface area contributed by atoms with Gasteiger partial charge in [0.2, 0.25) is 15.8 Å². The first-order chi connectivity index (χ1) is 16.2. The van der Waals surface area contributed by atoms with Crippen LogP contribution in [0.5, 0.6) is 0 Å². The second kappa shape index (κ2) is 9.15. The van der Waals surface area contributed by atoms with Gasteiger partial charge in [-0.3, -0.25) is 9.10 Å². The lowest BCUT2D eigenvalue weighted by molar-refractivity contribution is 0.0476. The number of nitrogens with zero attached hydrogens (tertiary/aromatic N) is 2. The van der Waals surface area contributed by atoms with E-state index in [0.717, 1.165) is 32.7 Å². The summed E-state index contributed by atoms with van der Waals surface area (Å²) in [5, 5.41) is 0.766. The Morgan fingerprint density at radius 2 is 1.53 bits per heavy atom. The number of carbonyl (C=O) groups excluding carboxylic acids is 2. The number of sulfonamides is 1. The van der Waals surface area contributed by atoms with Crippen LogP contribution in [0.1, 0.15) is 20.7 Å². The minimum absolute atomic E-state index is 0.0597. The Bertz CT molecular complexity index is 1490. The molecule has 0 saturated heterocycles. The maximum Gasteiger partial charge on any atom is 0.340 e. The molecule has 0 saturated carbocycles. The largest absolute Gasteiger partial charge is 0.454 e. The summed E-state index contributed by atoms with van der Waals surface area (Å²) >= 11 is 0. The molecule has 1 heterocycles. The SMILES string of the molecule is CN(c1ccccc1C(=O)OCC(=O)c1c(-c2ccccc2)n(C)c2ccccc12)S(C)(=O)=O. The molecule has 0 aliphatic rings. The number of aryl methyl sites for hydroxylation is 1. The van der Waals surface area contributed by atoms with E-state index in [1.54, 1.807) is 12.1 Å². The van der Waals surface area contributed by atoms with Gasteiger partial charge in [0.15, 0.2) is 6.61 Å². The van der Waals surface area contributed by atoms with Crippen LogP contribution in [0.15, 0.2) is 78.9 Å². The molecule has 0 bridgehead atoms. The van der Waals surface area contributed by atoms with Crippen LogP contribution in [0.25, 0.3) is 22.2 Å². The number of fused-ring (bicyclic) bond motifs is 1. The molecule has 0 unspecified atom stereocenters. The van der Waals surface area contributed by atoms with Gasteiger partial charge in [0.1, 0.15) is 0 Å². The summed E-state index contributed by atoms with van der Waals surface area (Å²) in [6.07, 6.45) is 1.05. The summed E-state index contributed by atoms with van der Waals surface area (Å²) in [7, 11) is -0.339. The minimum Gasteiger partial charge on any atom is -0.454 e. The van der Waals surface area contributed by atoms with E-state index in [4.69, 9.17) is 4.74 Å². The Hall–Kier alpha value is -3.91. The molecule has 0 aliphatic heterocycles. The van der Waals surface area contributed by atoms with Crippen LogP contribution in [0.4, 0.5) is 5.69 Å². The van der Waals surface area contributed by atoms with Crippen LogP contribution < -0.4 is 4.31 Å². The van der Waals surface area contributed by atoms with Gasteiger partial charge in [-0.05, 0) is 23.8 Å². The van der Waals surface area contributed by atoms with Gasteiger partial charge in [-0.2, -0.15) is 0 Å². The molecule has 0 atom stereocenters. The molecular formula is C26H24N2O5S. The van der Waals surface area contributed by atoms with Crippen molar-refractivity contribution in [3.8, 4) is 11.3 Å². The van der Waals surface area contributed by atoms with Gasteiger partial charge in [-0.25, -0.2) is 13.2 Å². The van der Waals surface area contributed by atoms with Crippen LogP contribution in [0, 0.1) is 0 Å². The number of ether oxygens (including phenoxy) is 1. The number of aromatic nitrogens is 1. The number of rotatable bonds is 7. The first-order valence-corrected chi connectivity index (χ1v) is 12.4. The van der Waals surface area contributed by atoms with Crippen LogP contribution >= 0.6 is 0 Å². The number of esters is 1. The quantitative estimate of drug-likeness (QED) is 0.294. The molecule has 0 spiro atoms. The molecule has 174 valence electrons. The molecule has 4 aromatic rings. The molecule has 34 heavy (non-hydrogen) atoms. The number of carbonyl (C=O) groups is 2. The van der Waals surface area contributed by atoms with Gasteiger partial charge in [0.25, 0.3) is 0 Å². The summed E-state index contributed by atoms with van der Waals surface area (Å²) in [4.78, 5) is 26.2. The zero-order valence-electron chi connectivity index (χ0n) is 19.1. The Balaban J connectivity index is 1.67. The standard InChI is InChI=1S/C26H24N2O5S/c1-27-21-15-9-7-13-19(21)24(25(27)18-11-5-4-6-12-18)23(29)17-33-26(30)20-14-8-10-16-22(20)28(2)34(3,31)32/h4-16H,17H2,1-3H3. The number of benzene rings is 3. The van der Waals surface area contributed by atoms with Gasteiger partial charge in [0.05, 0.1) is 28.8 Å². The van der Waals surface area contributed by atoms with Gasteiger partial charge >= 0.3 is 5.97 Å². The number of hydrogen-bond donors (Lipinski definition) is 0. The van der Waals surface area contributed by atoms with Crippen molar-refractivity contribution in [2.45, 2.75) is 0 Å². The van der Waals surface area contributed by atoms with Crippen LogP contribution in [0.2, 0.25) is 0 Å². The minimum atomic E-state index is -3.59. The highest BCUT2D eigenvalue weighted by molar-refractivity contribution is 7.92. The molecule has 4 rings (SSSR count). The maximum atomic E-state index is 13.4. The third-order valence-electron chi connectivity index (χ3n) is 5.73. The molecule has 0 N–H and O–H groups in total. The first-order valence-electron chi connectivity index (χ1n) is 10.6. The Morgan fingerprint density at radius 1 is 0.912 bits per heavy atom. The average Bonchev–Trinajstić information content (AvgIpc) is 3.14. The predicted molar refractivity (Wildman–Crippen MR) is 133 cm³/mol. The van der Waals surface area contributed by atoms with E-state index in [2.05, 4.69) is 0 Å². The molecule has 0 aliphatic carbocycles. The fourth-order valence-corrected chi connectivity index (χ4v) is 4.51. The molecule has 8 heteroatoms. The van der Waals surface area contributed by atoms with E-state index < -0.39 is 22.6 Å². The van der Waals surface area contributed by atoms with Gasteiger partial charge in [0, 0.05) is 25.0 Å². The number of anilines is 1. The first kappa shape index (κ1) is 23.3. The van der Waals surface area contributed by atoms with Crippen molar-refractivity contribution in [2.24, 2.45) is 7.05 Å². The van der Waals surface area contributed by atoms with Crippen molar-refractivity contribution in [1.82, 2.24) is 4.57 Å². The molecule has 0 radical (unpaired) electrons. The summed E-state index contributed by atoms with van der Waals surface area (Å²) < 4.78 is 32.3. The lowest BCUT2D eigenvalue weighted by Gasteiger charge is -2.19. The zero-order chi connectivity index (χ0) is 24.5. The molecule has 3 aromatic carbocycles. The highest BCUT2D eigenvalue weighted by Gasteiger charge is 2.25. The zero-order valence-corrected chi connectivity index (χ0v) is 19.9. The second-order valence-electron chi connectivity index (χ2n) is 7.91. The fourth-order valence-electron chi connectivity index (χ4n) is 3.99. The van der Waals surface area contributed by atoms with Gasteiger partial charge < -0.3 is 9.30 Å². The van der Waals surface area contributed by atoms with Gasteiger partial charge in [-0.15, -0.1) is 0 Å². The smallest absolute Gasteiger partial charge is 0.340 e. The number of ketones is 1. The van der Waals surface area contributed by atoms with Crippen LogP contribution in [-0.4, -0.2) is 44.6 Å². The molecule has 1 aromatic heterocycles. The predicted octanol–water partition coefficient (Wildman–Crippen LogP) is 4.28.